The summed E-state index contributed by atoms with van der Waals surface area (Å²) < 4.78 is 5.79. The Bertz CT molecular complexity index is 542. The summed E-state index contributed by atoms with van der Waals surface area (Å²) in [4.78, 5) is 15.0. The summed E-state index contributed by atoms with van der Waals surface area (Å²) in [5.41, 5.74) is 0.697. The van der Waals surface area contributed by atoms with E-state index in [9.17, 15) is 4.79 Å². The molecule has 1 saturated heterocycles. The molecule has 1 heterocycles. The van der Waals surface area contributed by atoms with Crippen LogP contribution in [0.25, 0.3) is 0 Å². The van der Waals surface area contributed by atoms with Gasteiger partial charge in [0.15, 0.2) is 0 Å². The zero-order chi connectivity index (χ0) is 15.7. The van der Waals surface area contributed by atoms with Gasteiger partial charge >= 0.3 is 0 Å². The van der Waals surface area contributed by atoms with E-state index in [0.717, 1.165) is 38.1 Å². The van der Waals surface area contributed by atoms with E-state index in [0.29, 0.717) is 5.02 Å². The molecule has 0 unspecified atom stereocenters. The van der Waals surface area contributed by atoms with Crippen molar-refractivity contribution in [1.29, 1.82) is 0 Å². The van der Waals surface area contributed by atoms with Gasteiger partial charge in [0.25, 0.3) is 0 Å². The molecule has 1 saturated carbocycles. The van der Waals surface area contributed by atoms with E-state index in [4.69, 9.17) is 16.3 Å². The van der Waals surface area contributed by atoms with Gasteiger partial charge < -0.3 is 15.0 Å². The van der Waals surface area contributed by atoms with E-state index >= 15 is 0 Å². The average Bonchev–Trinajstić information content (AvgIpc) is 3.29. The molecule has 22 heavy (non-hydrogen) atoms. The third-order valence-corrected chi connectivity index (χ3v) is 5.05. The molecular formula is C17H23ClN2O2. The van der Waals surface area contributed by atoms with Crippen molar-refractivity contribution in [3.8, 4) is 0 Å². The number of hydrogen-bond acceptors (Lipinski definition) is 3. The normalized spacial score (nSPS) is 25.5. The van der Waals surface area contributed by atoms with E-state index in [2.05, 4.69) is 17.3 Å². The van der Waals surface area contributed by atoms with Crippen molar-refractivity contribution >= 4 is 17.5 Å². The highest BCUT2D eigenvalue weighted by Gasteiger charge is 2.51. The second kappa shape index (κ2) is 6.19. The molecular weight excluding hydrogens is 300 g/mol. The molecule has 4 nitrogen and oxygen atoms in total. The van der Waals surface area contributed by atoms with Gasteiger partial charge in [-0.05, 0) is 44.5 Å². The molecule has 5 heteroatoms. The summed E-state index contributed by atoms with van der Waals surface area (Å²) >= 11 is 5.94. The van der Waals surface area contributed by atoms with Crippen molar-refractivity contribution in [3.63, 3.8) is 0 Å². The smallest absolute Gasteiger partial charge is 0.230 e. The molecule has 0 aromatic heterocycles. The first-order valence-electron chi connectivity index (χ1n) is 7.88. The van der Waals surface area contributed by atoms with Gasteiger partial charge in [-0.15, -0.1) is 0 Å². The number of hydrogen-bond donors (Lipinski definition) is 1. The molecule has 2 atom stereocenters. The monoisotopic (exact) mass is 322 g/mol. The molecule has 120 valence electrons. The minimum absolute atomic E-state index is 0.0139. The van der Waals surface area contributed by atoms with Gasteiger partial charge in [0.2, 0.25) is 5.91 Å². The number of morpholine rings is 1. The lowest BCUT2D eigenvalue weighted by molar-refractivity contribution is -0.126. The van der Waals surface area contributed by atoms with Gasteiger partial charge in [-0.3, -0.25) is 4.79 Å². The fraction of sp³-hybridized carbons (Fsp3) is 0.588. The Morgan fingerprint density at radius 3 is 2.68 bits per heavy atom. The molecule has 1 amide bonds. The molecule has 1 N–H and O–H groups in total. The van der Waals surface area contributed by atoms with Crippen LogP contribution in [0.4, 0.5) is 0 Å². The number of carbonyl (C=O) groups excluding carboxylic acids is 1. The molecule has 1 aliphatic carbocycles. The summed E-state index contributed by atoms with van der Waals surface area (Å²) in [5, 5.41) is 3.86. The van der Waals surface area contributed by atoms with Crippen molar-refractivity contribution in [2.45, 2.75) is 37.3 Å². The number of ether oxygens (including phenoxy) is 1. The summed E-state index contributed by atoms with van der Waals surface area (Å²) in [6, 6.07) is 7.65. The minimum Gasteiger partial charge on any atom is -0.373 e. The minimum atomic E-state index is -0.362. The van der Waals surface area contributed by atoms with E-state index in [1.807, 2.05) is 31.2 Å². The Morgan fingerprint density at radius 1 is 1.41 bits per heavy atom. The molecule has 1 aliphatic heterocycles. The topological polar surface area (TPSA) is 41.6 Å². The average molecular weight is 323 g/mol. The maximum Gasteiger partial charge on any atom is 0.230 e. The maximum atomic E-state index is 12.7. The molecule has 2 aliphatic rings. The van der Waals surface area contributed by atoms with E-state index in [1.54, 1.807) is 0 Å². The molecule has 2 fully saturated rings. The Hall–Kier alpha value is -1.10. The highest BCUT2D eigenvalue weighted by molar-refractivity contribution is 6.30. The number of nitrogens with one attached hydrogen (secondary N) is 1. The van der Waals surface area contributed by atoms with Crippen LogP contribution in [0, 0.1) is 0 Å². The highest BCUT2D eigenvalue weighted by Crippen LogP contribution is 2.48. The largest absolute Gasteiger partial charge is 0.373 e. The lowest BCUT2D eigenvalue weighted by Crippen LogP contribution is -2.53. The molecule has 0 bridgehead atoms. The molecule has 3 rings (SSSR count). The zero-order valence-corrected chi connectivity index (χ0v) is 13.9. The zero-order valence-electron chi connectivity index (χ0n) is 13.1. The van der Waals surface area contributed by atoms with Crippen molar-refractivity contribution in [1.82, 2.24) is 10.2 Å². The summed E-state index contributed by atoms with van der Waals surface area (Å²) in [5.74, 6) is 0.110. The van der Waals surface area contributed by atoms with Gasteiger partial charge in [0, 0.05) is 18.1 Å². The highest BCUT2D eigenvalue weighted by atomic mass is 35.5. The summed E-state index contributed by atoms with van der Waals surface area (Å²) in [7, 11) is 2.08. The van der Waals surface area contributed by atoms with Crippen molar-refractivity contribution in [2.75, 3.05) is 26.7 Å². The standard InChI is InChI=1S/C17H23ClN2O2/c1-12(15-11-20(2)9-10-22-15)19-16(21)17(7-8-17)13-3-5-14(18)6-4-13/h3-6,12,15H,7-11H2,1-2H3,(H,19,21)/t12-,15-/m1/s1. The fourth-order valence-corrected chi connectivity index (χ4v) is 3.22. The third kappa shape index (κ3) is 3.14. The van der Waals surface area contributed by atoms with Gasteiger partial charge in [0.05, 0.1) is 24.2 Å². The lowest BCUT2D eigenvalue weighted by Gasteiger charge is -2.34. The third-order valence-electron chi connectivity index (χ3n) is 4.79. The molecule has 0 spiro atoms. The van der Waals surface area contributed by atoms with Crippen LogP contribution in [-0.4, -0.2) is 49.7 Å². The molecule has 1 aromatic rings. The van der Waals surface area contributed by atoms with Gasteiger partial charge in [-0.2, -0.15) is 0 Å². The molecule has 0 radical (unpaired) electrons. The first-order chi connectivity index (χ1) is 10.5. The van der Waals surface area contributed by atoms with Crippen LogP contribution >= 0.6 is 11.6 Å². The quantitative estimate of drug-likeness (QED) is 0.924. The first-order valence-corrected chi connectivity index (χ1v) is 8.26. The van der Waals surface area contributed by atoms with Crippen LogP contribution in [0.2, 0.25) is 5.02 Å². The van der Waals surface area contributed by atoms with Crippen molar-refractivity contribution in [3.05, 3.63) is 34.9 Å². The van der Waals surface area contributed by atoms with Crippen LogP contribution in [-0.2, 0) is 14.9 Å². The number of rotatable bonds is 4. The summed E-state index contributed by atoms with van der Waals surface area (Å²) in [6.45, 7) is 4.56. The fourth-order valence-electron chi connectivity index (χ4n) is 3.09. The second-order valence-corrected chi connectivity index (χ2v) is 6.96. The van der Waals surface area contributed by atoms with Gasteiger partial charge in [-0.1, -0.05) is 23.7 Å². The number of halogens is 1. The van der Waals surface area contributed by atoms with E-state index < -0.39 is 0 Å². The number of carbonyl (C=O) groups is 1. The Kier molecular flexibility index (Phi) is 4.44. The number of amides is 1. The van der Waals surface area contributed by atoms with Gasteiger partial charge in [-0.25, -0.2) is 0 Å². The predicted octanol–water partition coefficient (Wildman–Crippen LogP) is 2.21. The van der Waals surface area contributed by atoms with E-state index in [1.165, 1.54) is 0 Å². The van der Waals surface area contributed by atoms with Crippen LogP contribution in [0.1, 0.15) is 25.3 Å². The maximum absolute atomic E-state index is 12.7. The number of likely N-dealkylation sites (N-methyl/N-ethyl adjacent to an activating group) is 1. The van der Waals surface area contributed by atoms with Crippen LogP contribution < -0.4 is 5.32 Å². The van der Waals surface area contributed by atoms with Gasteiger partial charge in [0.1, 0.15) is 0 Å². The predicted molar refractivity (Wildman–Crippen MR) is 87.2 cm³/mol. The second-order valence-electron chi connectivity index (χ2n) is 6.52. The van der Waals surface area contributed by atoms with Crippen LogP contribution in [0.5, 0.6) is 0 Å². The van der Waals surface area contributed by atoms with E-state index in [-0.39, 0.29) is 23.5 Å². The number of nitrogens with zero attached hydrogens (tertiary/aromatic N) is 1. The van der Waals surface area contributed by atoms with Crippen molar-refractivity contribution < 1.29 is 9.53 Å². The Balaban J connectivity index is 1.65. The first kappa shape index (κ1) is 15.8. The van der Waals surface area contributed by atoms with Crippen LogP contribution in [0.15, 0.2) is 24.3 Å². The van der Waals surface area contributed by atoms with Crippen LogP contribution in [0.3, 0.4) is 0 Å². The lowest BCUT2D eigenvalue weighted by atomic mass is 9.94. The summed E-state index contributed by atoms with van der Waals surface area (Å²) in [6.07, 6.45) is 1.86. The Labute approximate surface area is 136 Å². The Morgan fingerprint density at radius 2 is 2.09 bits per heavy atom. The van der Waals surface area contributed by atoms with Crippen molar-refractivity contribution in [2.24, 2.45) is 0 Å². The SMILES string of the molecule is C[C@@H](NC(=O)C1(c2ccc(Cl)cc2)CC1)[C@H]1CN(C)CCO1. The number of benzene rings is 1. The molecule has 1 aromatic carbocycles.